The maximum Gasteiger partial charge on any atom is 0.416 e. The van der Waals surface area contributed by atoms with Crippen molar-refractivity contribution in [2.45, 2.75) is 100 Å². The number of allylic oxidation sites excluding steroid dienone is 4. The quantitative estimate of drug-likeness (QED) is 0.216. The topological polar surface area (TPSA) is 0 Å². The first-order valence-corrected chi connectivity index (χ1v) is 17.7. The first-order valence-electron chi connectivity index (χ1n) is 14.8. The van der Waals surface area contributed by atoms with E-state index in [0.717, 1.165) is 51.5 Å². The third kappa shape index (κ3) is 7.13. The van der Waals surface area contributed by atoms with Gasteiger partial charge in [0, 0.05) is 5.92 Å². The lowest BCUT2D eigenvalue weighted by Crippen LogP contribution is -2.30. The largest absolute Gasteiger partial charge is 0.416 e. The van der Waals surface area contributed by atoms with E-state index in [2.05, 4.69) is 25.2 Å². The van der Waals surface area contributed by atoms with Crippen LogP contribution in [0.5, 0.6) is 0 Å². The SMILES string of the molecule is C[C@H](C1C=CC=C1P(c1ccc(C(F)(F)F)cc1)c1ccc(C(F)(F)F)cc1)P(C1CCCCC1)C1CCCCC1. The fraction of sp³-hybridized carbons (Fsp3) is 0.515. The van der Waals surface area contributed by atoms with Crippen LogP contribution in [0.1, 0.15) is 82.3 Å². The molecule has 2 aromatic rings. The molecule has 2 fully saturated rings. The third-order valence-electron chi connectivity index (χ3n) is 9.07. The zero-order valence-electron chi connectivity index (χ0n) is 23.4. The monoisotopic (exact) mass is 610 g/mol. The summed E-state index contributed by atoms with van der Waals surface area (Å²) in [7, 11) is -1.58. The summed E-state index contributed by atoms with van der Waals surface area (Å²) in [6.07, 6.45) is 10.4. The van der Waals surface area contributed by atoms with Crippen molar-refractivity contribution in [2.24, 2.45) is 5.92 Å². The van der Waals surface area contributed by atoms with Crippen molar-refractivity contribution in [3.05, 3.63) is 83.2 Å². The molecule has 2 atom stereocenters. The Morgan fingerprint density at radius 2 is 1.05 bits per heavy atom. The first kappa shape index (κ1) is 30.8. The Balaban J connectivity index is 1.51. The zero-order valence-corrected chi connectivity index (χ0v) is 25.2. The molecule has 0 aliphatic heterocycles. The summed E-state index contributed by atoms with van der Waals surface area (Å²) in [6.45, 7) is 2.39. The van der Waals surface area contributed by atoms with E-state index >= 15 is 0 Å². The van der Waals surface area contributed by atoms with Gasteiger partial charge in [-0.25, -0.2) is 0 Å². The molecule has 0 spiro atoms. The number of hydrogen-bond acceptors (Lipinski definition) is 0. The molecular weight excluding hydrogens is 572 g/mol. The highest BCUT2D eigenvalue weighted by Crippen LogP contribution is 2.64. The van der Waals surface area contributed by atoms with Gasteiger partial charge in [-0.15, -0.1) is 0 Å². The van der Waals surface area contributed by atoms with Crippen molar-refractivity contribution < 1.29 is 26.3 Å². The highest BCUT2D eigenvalue weighted by atomic mass is 31.1. The Kier molecular flexibility index (Phi) is 9.71. The summed E-state index contributed by atoms with van der Waals surface area (Å²) in [5.74, 6) is 0.140. The molecule has 0 saturated heterocycles. The van der Waals surface area contributed by atoms with Gasteiger partial charge in [0.15, 0.2) is 0 Å². The van der Waals surface area contributed by atoms with Gasteiger partial charge in [0.25, 0.3) is 0 Å². The van der Waals surface area contributed by atoms with Crippen LogP contribution in [0.2, 0.25) is 0 Å². The lowest BCUT2D eigenvalue weighted by Gasteiger charge is -2.44. The minimum atomic E-state index is -4.45. The Bertz CT molecular complexity index is 1120. The number of rotatable bonds is 7. The van der Waals surface area contributed by atoms with Gasteiger partial charge in [-0.2, -0.15) is 26.3 Å². The summed E-state index contributed by atoms with van der Waals surface area (Å²) >= 11 is 0. The van der Waals surface area contributed by atoms with Crippen LogP contribution in [-0.4, -0.2) is 17.0 Å². The van der Waals surface area contributed by atoms with Crippen LogP contribution in [0.15, 0.2) is 72.1 Å². The number of hydrogen-bond donors (Lipinski definition) is 0. The Hall–Kier alpha value is -1.64. The summed E-state index contributed by atoms with van der Waals surface area (Å²) in [5, 5.41) is 2.62. The zero-order chi connectivity index (χ0) is 29.2. The van der Waals surface area contributed by atoms with Gasteiger partial charge in [0.1, 0.15) is 0 Å². The molecule has 0 N–H and O–H groups in total. The van der Waals surface area contributed by atoms with E-state index in [1.807, 2.05) is 0 Å². The molecule has 1 unspecified atom stereocenters. The first-order chi connectivity index (χ1) is 19.5. The molecule has 2 saturated carbocycles. The van der Waals surface area contributed by atoms with Gasteiger partial charge in [0.2, 0.25) is 0 Å². The van der Waals surface area contributed by atoms with Gasteiger partial charge in [-0.05, 0) is 90.8 Å². The van der Waals surface area contributed by atoms with Crippen LogP contribution in [-0.2, 0) is 12.4 Å². The lowest BCUT2D eigenvalue weighted by molar-refractivity contribution is -0.138. The molecule has 5 rings (SSSR count). The van der Waals surface area contributed by atoms with Crippen molar-refractivity contribution >= 4 is 26.5 Å². The highest BCUT2D eigenvalue weighted by molar-refractivity contribution is 7.76. The van der Waals surface area contributed by atoms with E-state index in [4.69, 9.17) is 0 Å². The van der Waals surface area contributed by atoms with Crippen molar-refractivity contribution in [1.82, 2.24) is 0 Å². The third-order valence-corrected chi connectivity index (χ3v) is 15.6. The van der Waals surface area contributed by atoms with Crippen LogP contribution in [0.25, 0.3) is 0 Å². The van der Waals surface area contributed by atoms with E-state index in [0.29, 0.717) is 5.66 Å². The van der Waals surface area contributed by atoms with Crippen LogP contribution < -0.4 is 10.6 Å². The molecule has 3 aliphatic carbocycles. The predicted octanol–water partition coefficient (Wildman–Crippen LogP) is 10.8. The lowest BCUT2D eigenvalue weighted by atomic mass is 9.99. The molecule has 222 valence electrons. The molecule has 0 bridgehead atoms. The van der Waals surface area contributed by atoms with E-state index in [1.165, 1.54) is 88.5 Å². The number of halogens is 6. The number of alkyl halides is 6. The number of benzene rings is 2. The Morgan fingerprint density at radius 3 is 1.44 bits per heavy atom. The summed E-state index contributed by atoms with van der Waals surface area (Å²) < 4.78 is 80.3. The normalized spacial score (nSPS) is 22.0. The van der Waals surface area contributed by atoms with E-state index in [-0.39, 0.29) is 13.8 Å². The molecule has 0 heterocycles. The molecular formula is C33H38F6P2. The molecule has 0 nitrogen and oxygen atoms in total. The second-order valence-corrected chi connectivity index (χ2v) is 17.1. The van der Waals surface area contributed by atoms with Crippen LogP contribution >= 0.6 is 15.8 Å². The van der Waals surface area contributed by atoms with Crippen molar-refractivity contribution in [2.75, 3.05) is 0 Å². The summed E-state index contributed by atoms with van der Waals surface area (Å²) in [5.41, 5.74) is 0.469. The smallest absolute Gasteiger partial charge is 0.166 e. The van der Waals surface area contributed by atoms with Gasteiger partial charge in [-0.1, -0.05) is 95.9 Å². The average Bonchev–Trinajstić information content (AvgIpc) is 3.44. The van der Waals surface area contributed by atoms with E-state index < -0.39 is 31.4 Å². The second kappa shape index (κ2) is 12.9. The van der Waals surface area contributed by atoms with Gasteiger partial charge in [0.05, 0.1) is 11.1 Å². The fourth-order valence-electron chi connectivity index (χ4n) is 7.07. The maximum atomic E-state index is 13.4. The molecule has 8 heteroatoms. The van der Waals surface area contributed by atoms with E-state index in [9.17, 15) is 26.3 Å². The molecule has 41 heavy (non-hydrogen) atoms. The van der Waals surface area contributed by atoms with Gasteiger partial charge >= 0.3 is 12.4 Å². The fourth-order valence-corrected chi connectivity index (χ4v) is 14.3. The maximum absolute atomic E-state index is 13.4. The van der Waals surface area contributed by atoms with E-state index in [1.54, 1.807) is 0 Å². The summed E-state index contributed by atoms with van der Waals surface area (Å²) in [6, 6.07) is 10.5. The van der Waals surface area contributed by atoms with Crippen molar-refractivity contribution in [3.8, 4) is 0 Å². The molecule has 2 aromatic carbocycles. The highest BCUT2D eigenvalue weighted by Gasteiger charge is 2.40. The van der Waals surface area contributed by atoms with Crippen LogP contribution in [0.4, 0.5) is 26.3 Å². The minimum absolute atomic E-state index is 0.140. The Morgan fingerprint density at radius 1 is 0.634 bits per heavy atom. The Labute approximate surface area is 242 Å². The molecule has 3 aliphatic rings. The summed E-state index contributed by atoms with van der Waals surface area (Å²) in [4.78, 5) is 0. The van der Waals surface area contributed by atoms with Crippen molar-refractivity contribution in [1.29, 1.82) is 0 Å². The second-order valence-electron chi connectivity index (χ2n) is 11.7. The predicted molar refractivity (Wildman–Crippen MR) is 160 cm³/mol. The standard InChI is InChI=1S/C33H38F6P2/c1-23(40(26-9-4-2-5-10-26)27-11-6-3-7-12-27)30-13-8-14-31(30)41(28-19-15-24(16-20-28)32(34,35)36)29-21-17-25(18-22-29)33(37,38)39/h8,13-23,26-27,30H,2-7,9-12H2,1H3/t23-,30?/m1/s1. The molecule has 0 radical (unpaired) electrons. The average molecular weight is 611 g/mol. The van der Waals surface area contributed by atoms with Crippen LogP contribution in [0, 0.1) is 5.92 Å². The van der Waals surface area contributed by atoms with Crippen molar-refractivity contribution in [3.63, 3.8) is 0 Å². The molecule has 0 amide bonds. The minimum Gasteiger partial charge on any atom is -0.166 e. The molecule has 0 aromatic heterocycles. The van der Waals surface area contributed by atoms with Gasteiger partial charge < -0.3 is 0 Å². The van der Waals surface area contributed by atoms with Gasteiger partial charge in [-0.3, -0.25) is 0 Å². The van der Waals surface area contributed by atoms with Crippen LogP contribution in [0.3, 0.4) is 0 Å².